The Morgan fingerprint density at radius 1 is 0.692 bits per heavy atom. The molecule has 2 aromatic rings. The van der Waals surface area contributed by atoms with Crippen molar-refractivity contribution in [3.8, 4) is 11.1 Å². The lowest BCUT2D eigenvalue weighted by Crippen LogP contribution is -2.10. The highest BCUT2D eigenvalue weighted by Crippen LogP contribution is 2.39. The first-order valence-electron chi connectivity index (χ1n) is 9.16. The fourth-order valence-electron chi connectivity index (χ4n) is 3.83. The molecule has 0 aromatic heterocycles. The molecule has 1 aliphatic heterocycles. The van der Waals surface area contributed by atoms with Gasteiger partial charge in [0, 0.05) is 12.4 Å². The number of allylic oxidation sites excluding steroid dienone is 5. The van der Waals surface area contributed by atoms with Crippen LogP contribution in [0.5, 0.6) is 0 Å². The molecule has 26 heavy (non-hydrogen) atoms. The molecule has 5 rings (SSSR count). The number of aryl methyl sites for hydroxylation is 1. The van der Waals surface area contributed by atoms with Gasteiger partial charge in [-0.1, -0.05) is 64.5 Å². The maximum Gasteiger partial charge on any atom is 0.000442 e. The summed E-state index contributed by atoms with van der Waals surface area (Å²) in [6.07, 6.45) is 18.6. The Morgan fingerprint density at radius 2 is 1.46 bits per heavy atom. The molecule has 0 atom stereocenters. The van der Waals surface area contributed by atoms with E-state index in [0.717, 1.165) is 6.42 Å². The molecule has 2 aliphatic carbocycles. The van der Waals surface area contributed by atoms with E-state index in [9.17, 15) is 0 Å². The van der Waals surface area contributed by atoms with Crippen LogP contribution in [0, 0.1) is 0 Å². The maximum absolute atomic E-state index is 3.64. The van der Waals surface area contributed by atoms with E-state index in [2.05, 4.69) is 63.7 Å². The van der Waals surface area contributed by atoms with Crippen LogP contribution in [0.2, 0.25) is 0 Å². The molecule has 2 aromatic carbocycles. The van der Waals surface area contributed by atoms with Crippen molar-refractivity contribution in [2.24, 2.45) is 0 Å². The molecule has 0 fully saturated rings. The lowest BCUT2D eigenvalue weighted by molar-refractivity contribution is 0.885. The molecule has 1 N–H and O–H groups in total. The largest absolute Gasteiger partial charge is 0.368 e. The molecule has 2 heteroatoms. The van der Waals surface area contributed by atoms with Crippen molar-refractivity contribution in [1.82, 2.24) is 5.32 Å². The third-order valence-corrected chi connectivity index (χ3v) is 5.69. The third-order valence-electron chi connectivity index (χ3n) is 5.06. The van der Waals surface area contributed by atoms with Crippen LogP contribution in [0.25, 0.3) is 17.2 Å². The van der Waals surface area contributed by atoms with Crippen molar-refractivity contribution < 1.29 is 0 Å². The number of halogens is 1. The van der Waals surface area contributed by atoms with Gasteiger partial charge >= 0.3 is 0 Å². The number of nitrogens with one attached hydrogen (secondary N) is 1. The van der Waals surface area contributed by atoms with E-state index in [4.69, 9.17) is 0 Å². The molecule has 0 saturated heterocycles. The summed E-state index contributed by atoms with van der Waals surface area (Å²) in [4.78, 5) is 0. The molecule has 130 valence electrons. The van der Waals surface area contributed by atoms with E-state index in [1.54, 1.807) is 11.1 Å². The van der Waals surface area contributed by atoms with Crippen molar-refractivity contribution in [2.45, 2.75) is 25.7 Å². The van der Waals surface area contributed by atoms with E-state index >= 15 is 0 Å². The number of fused-ring (bicyclic) bond motifs is 5. The topological polar surface area (TPSA) is 12.0 Å². The van der Waals surface area contributed by atoms with Crippen molar-refractivity contribution >= 4 is 22.0 Å². The standard InChI is InChI=1S/C18H15Br.C6H7N/c19-14-7-10-16-13(11-14)6-9-17-15-4-2-1-3-12(15)5-8-18(16)17;1-2-4-6-7-5-3-1/h1-4,6,9,11H,5,7-8,10H2;1-7H. The van der Waals surface area contributed by atoms with Gasteiger partial charge < -0.3 is 5.32 Å². The van der Waals surface area contributed by atoms with Crippen LogP contribution in [-0.4, -0.2) is 0 Å². The minimum Gasteiger partial charge on any atom is -0.368 e. The highest BCUT2D eigenvalue weighted by molar-refractivity contribution is 9.11. The fraction of sp³-hybridized carbons (Fsp3) is 0.167. The molecular weight excluding hydrogens is 382 g/mol. The van der Waals surface area contributed by atoms with Crippen LogP contribution in [0.15, 0.2) is 77.6 Å². The van der Waals surface area contributed by atoms with Crippen molar-refractivity contribution in [1.29, 1.82) is 0 Å². The molecule has 0 spiro atoms. The molecule has 0 radical (unpaired) electrons. The highest BCUT2D eigenvalue weighted by Gasteiger charge is 2.21. The average molecular weight is 404 g/mol. The summed E-state index contributed by atoms with van der Waals surface area (Å²) >= 11 is 3.64. The maximum atomic E-state index is 3.64. The smallest absolute Gasteiger partial charge is 0.000442 e. The Kier molecular flexibility index (Phi) is 5.21. The molecule has 1 nitrogen and oxygen atoms in total. The van der Waals surface area contributed by atoms with E-state index in [1.807, 2.05) is 36.7 Å². The lowest BCUT2D eigenvalue weighted by atomic mass is 9.80. The van der Waals surface area contributed by atoms with Crippen molar-refractivity contribution in [2.75, 3.05) is 0 Å². The first kappa shape index (κ1) is 17.1. The average Bonchev–Trinajstić information content (AvgIpc) is 3.01. The zero-order valence-corrected chi connectivity index (χ0v) is 16.3. The second-order valence-electron chi connectivity index (χ2n) is 6.68. The minimum atomic E-state index is 1.14. The van der Waals surface area contributed by atoms with Crippen LogP contribution in [0.3, 0.4) is 0 Å². The Balaban J connectivity index is 0.000000204. The van der Waals surface area contributed by atoms with Gasteiger partial charge in [0.05, 0.1) is 0 Å². The third kappa shape index (κ3) is 3.61. The van der Waals surface area contributed by atoms with Gasteiger partial charge in [0.25, 0.3) is 0 Å². The molecular formula is C24H22BrN. The Bertz CT molecular complexity index is 917. The van der Waals surface area contributed by atoms with Gasteiger partial charge in [-0.25, -0.2) is 0 Å². The highest BCUT2D eigenvalue weighted by atomic mass is 79.9. The molecule has 0 saturated carbocycles. The first-order chi connectivity index (χ1) is 12.8. The summed E-state index contributed by atoms with van der Waals surface area (Å²) < 4.78 is 1.33. The fourth-order valence-corrected chi connectivity index (χ4v) is 4.28. The first-order valence-corrected chi connectivity index (χ1v) is 9.96. The summed E-state index contributed by atoms with van der Waals surface area (Å²) in [6.45, 7) is 0. The second-order valence-corrected chi connectivity index (χ2v) is 7.70. The molecule has 1 heterocycles. The Morgan fingerprint density at radius 3 is 2.31 bits per heavy atom. The van der Waals surface area contributed by atoms with Gasteiger partial charge in [-0.15, -0.1) is 0 Å². The lowest BCUT2D eigenvalue weighted by Gasteiger charge is -2.25. The Hall–Kier alpha value is -2.32. The predicted octanol–water partition coefficient (Wildman–Crippen LogP) is 6.31. The zero-order chi connectivity index (χ0) is 17.8. The predicted molar refractivity (Wildman–Crippen MR) is 115 cm³/mol. The van der Waals surface area contributed by atoms with E-state index < -0.39 is 0 Å². The number of hydrogen-bond donors (Lipinski definition) is 1. The normalized spacial score (nSPS) is 16.1. The van der Waals surface area contributed by atoms with Gasteiger partial charge in [-0.2, -0.15) is 0 Å². The van der Waals surface area contributed by atoms with Crippen molar-refractivity contribution in [3.63, 3.8) is 0 Å². The molecule has 0 amide bonds. The monoisotopic (exact) mass is 403 g/mol. The van der Waals surface area contributed by atoms with Crippen LogP contribution in [-0.2, 0) is 19.3 Å². The van der Waals surface area contributed by atoms with Gasteiger partial charge in [0.1, 0.15) is 0 Å². The van der Waals surface area contributed by atoms with Crippen LogP contribution < -0.4 is 5.32 Å². The van der Waals surface area contributed by atoms with Gasteiger partial charge in [-0.05, 0) is 81.8 Å². The summed E-state index contributed by atoms with van der Waals surface area (Å²) in [5.74, 6) is 0. The van der Waals surface area contributed by atoms with Crippen LogP contribution in [0.1, 0.15) is 28.7 Å². The van der Waals surface area contributed by atoms with Crippen molar-refractivity contribution in [3.05, 3.63) is 99.8 Å². The number of rotatable bonds is 0. The molecule has 0 bridgehead atoms. The van der Waals surface area contributed by atoms with Crippen LogP contribution in [0.4, 0.5) is 0 Å². The number of hydrogen-bond acceptors (Lipinski definition) is 1. The minimum absolute atomic E-state index is 1.14. The molecule has 3 aliphatic rings. The SMILES string of the molecule is BrC1=Cc2ccc3c(c2CC1)CCc1ccccc1-3.C1=CC=CNC=C1. The number of benzene rings is 2. The van der Waals surface area contributed by atoms with E-state index in [-0.39, 0.29) is 0 Å². The van der Waals surface area contributed by atoms with Crippen LogP contribution >= 0.6 is 15.9 Å². The van der Waals surface area contributed by atoms with Gasteiger partial charge in [0.15, 0.2) is 0 Å². The van der Waals surface area contributed by atoms with E-state index in [1.165, 1.54) is 46.0 Å². The van der Waals surface area contributed by atoms with Gasteiger partial charge in [-0.3, -0.25) is 0 Å². The summed E-state index contributed by atoms with van der Waals surface area (Å²) in [7, 11) is 0. The quantitative estimate of drug-likeness (QED) is 0.543. The van der Waals surface area contributed by atoms with E-state index in [0.29, 0.717) is 0 Å². The molecule has 0 unspecified atom stereocenters. The van der Waals surface area contributed by atoms with Gasteiger partial charge in [0.2, 0.25) is 0 Å². The summed E-state index contributed by atoms with van der Waals surface area (Å²) in [6, 6.07) is 13.5. The summed E-state index contributed by atoms with van der Waals surface area (Å²) in [5, 5.41) is 2.92. The zero-order valence-electron chi connectivity index (χ0n) is 14.7. The Labute approximate surface area is 164 Å². The summed E-state index contributed by atoms with van der Waals surface area (Å²) in [5.41, 5.74) is 8.99. The second kappa shape index (κ2) is 7.92.